The van der Waals surface area contributed by atoms with Crippen LogP contribution in [-0.4, -0.2) is 0 Å². The summed E-state index contributed by atoms with van der Waals surface area (Å²) in [5.41, 5.74) is -2.18. The van der Waals surface area contributed by atoms with E-state index < -0.39 is 5.57 Å². The van der Waals surface area contributed by atoms with Crippen LogP contribution in [0.3, 0.4) is 0 Å². The Kier molecular flexibility index (Phi) is 2.22. The zero-order chi connectivity index (χ0) is 3.58. The molecule has 0 amide bonds. The molecule has 2 nitrogen and oxygen atoms in total. The summed E-state index contributed by atoms with van der Waals surface area (Å²) in [6, 6.07) is 0. The second-order valence-corrected chi connectivity index (χ2v) is 2.93. The molecule has 4 heavy (non-hydrogen) atoms. The normalized spacial score (nSPS) is 6.50. The number of hydrogen-bond acceptors (Lipinski definition) is 2. The Bertz CT molecular complexity index is 54.4. The molecular formula is AuO2P. The van der Waals surface area contributed by atoms with Crippen LogP contribution in [0.15, 0.2) is 0 Å². The van der Waals surface area contributed by atoms with Gasteiger partial charge in [0.1, 0.15) is 0 Å². The van der Waals surface area contributed by atoms with Crippen LogP contribution in [0.1, 0.15) is 0 Å². The molecular weight excluding hydrogens is 260 g/mol. The molecule has 0 bridgehead atoms. The molecule has 0 heterocycles. The van der Waals surface area contributed by atoms with Gasteiger partial charge < -0.3 is 0 Å². The van der Waals surface area contributed by atoms with E-state index in [0.29, 0.717) is 0 Å². The third-order valence-corrected chi connectivity index (χ3v) is 0. The summed E-state index contributed by atoms with van der Waals surface area (Å²) in [6.45, 7) is 0. The first-order chi connectivity index (χ1) is 1.73. The first-order valence-corrected chi connectivity index (χ1v) is 4.41. The molecule has 0 aromatic heterocycles. The molecule has 0 rings (SSSR count). The zero-order valence-electron chi connectivity index (χ0n) is 1.57. The second-order valence-electron chi connectivity index (χ2n) is 0.185. The Hall–Kier alpha value is 0.640. The Morgan fingerprint density at radius 1 is 1.50 bits per heavy atom. The topological polar surface area (TPSA) is 34.1 Å². The quantitative estimate of drug-likeness (QED) is 0.472. The van der Waals surface area contributed by atoms with E-state index in [0.717, 1.165) is 0 Å². The van der Waals surface area contributed by atoms with Crippen molar-refractivity contribution < 1.29 is 29.7 Å². The molecule has 0 saturated heterocycles. The van der Waals surface area contributed by atoms with E-state index in [-0.39, 0.29) is 0 Å². The molecule has 4 heteroatoms. The van der Waals surface area contributed by atoms with Crippen LogP contribution in [0.25, 0.3) is 0 Å². The Labute approximate surface area is 35.7 Å². The molecule has 0 aliphatic carbocycles. The summed E-state index contributed by atoms with van der Waals surface area (Å²) in [5, 5.41) is 0. The van der Waals surface area contributed by atoms with E-state index in [1.165, 1.54) is 20.5 Å². The van der Waals surface area contributed by atoms with Gasteiger partial charge in [-0.15, -0.1) is 0 Å². The summed E-state index contributed by atoms with van der Waals surface area (Å²) in [6.07, 6.45) is 0. The van der Waals surface area contributed by atoms with Crippen LogP contribution in [0.4, 0.5) is 0 Å². The van der Waals surface area contributed by atoms with E-state index in [9.17, 15) is 0 Å². The van der Waals surface area contributed by atoms with Gasteiger partial charge in [0.15, 0.2) is 0 Å². The van der Waals surface area contributed by atoms with Gasteiger partial charge in [-0.2, -0.15) is 0 Å². The van der Waals surface area contributed by atoms with Gasteiger partial charge in [0.05, 0.1) is 0 Å². The summed E-state index contributed by atoms with van der Waals surface area (Å²) >= 11 is 1.45. The van der Waals surface area contributed by atoms with Crippen LogP contribution < -0.4 is 0 Å². The van der Waals surface area contributed by atoms with E-state index in [1.54, 1.807) is 0 Å². The van der Waals surface area contributed by atoms with E-state index in [2.05, 4.69) is 0 Å². The van der Waals surface area contributed by atoms with Gasteiger partial charge in [-0.1, -0.05) is 0 Å². The molecule has 0 radical (unpaired) electrons. The Morgan fingerprint density at radius 2 is 1.50 bits per heavy atom. The van der Waals surface area contributed by atoms with Gasteiger partial charge in [0, 0.05) is 0 Å². The van der Waals surface area contributed by atoms with Crippen molar-refractivity contribution in [3.05, 3.63) is 0 Å². The minimum atomic E-state index is -2.18. The molecule has 0 unspecified atom stereocenters. The predicted octanol–water partition coefficient (Wildman–Crippen LogP) is 0.621. The summed E-state index contributed by atoms with van der Waals surface area (Å²) < 4.78 is 18.0. The molecule has 0 aliphatic heterocycles. The van der Waals surface area contributed by atoms with Crippen molar-refractivity contribution in [2.75, 3.05) is 0 Å². The van der Waals surface area contributed by atoms with Gasteiger partial charge >= 0.3 is 35.2 Å². The molecule has 0 atom stereocenters. The van der Waals surface area contributed by atoms with Gasteiger partial charge in [0.2, 0.25) is 0 Å². The van der Waals surface area contributed by atoms with E-state index in [4.69, 9.17) is 9.13 Å². The minimum absolute atomic E-state index is 1.45. The molecule has 0 fully saturated rings. The van der Waals surface area contributed by atoms with Crippen molar-refractivity contribution in [2.24, 2.45) is 0 Å². The maximum atomic E-state index is 9.01. The molecule has 0 N–H and O–H groups in total. The van der Waals surface area contributed by atoms with Crippen LogP contribution in [-0.2, 0) is 29.7 Å². The van der Waals surface area contributed by atoms with Crippen LogP contribution >= 0.6 is 5.57 Å². The Morgan fingerprint density at radius 3 is 1.50 bits per heavy atom. The average molecular weight is 260 g/mol. The summed E-state index contributed by atoms with van der Waals surface area (Å²) in [5.74, 6) is 0. The van der Waals surface area contributed by atoms with Crippen LogP contribution in [0, 0.1) is 0 Å². The van der Waals surface area contributed by atoms with Crippen molar-refractivity contribution in [1.82, 2.24) is 0 Å². The first kappa shape index (κ1) is 4.64. The monoisotopic (exact) mass is 260 g/mol. The van der Waals surface area contributed by atoms with Gasteiger partial charge in [0.25, 0.3) is 0 Å². The predicted molar refractivity (Wildman–Crippen MR) is 8.29 cm³/mol. The number of rotatable bonds is 0. The van der Waals surface area contributed by atoms with Gasteiger partial charge in [-0.25, -0.2) is 0 Å². The van der Waals surface area contributed by atoms with Gasteiger partial charge in [-0.3, -0.25) is 0 Å². The summed E-state index contributed by atoms with van der Waals surface area (Å²) in [4.78, 5) is 0. The molecule has 0 spiro atoms. The maximum absolute atomic E-state index is 9.01. The first-order valence-electron chi connectivity index (χ1n) is 0.500. The van der Waals surface area contributed by atoms with E-state index in [1.807, 2.05) is 0 Å². The second kappa shape index (κ2) is 1.91. The van der Waals surface area contributed by atoms with Crippen molar-refractivity contribution in [3.63, 3.8) is 0 Å². The zero-order valence-corrected chi connectivity index (χ0v) is 4.63. The van der Waals surface area contributed by atoms with Crippen molar-refractivity contribution in [3.8, 4) is 0 Å². The third-order valence-electron chi connectivity index (χ3n) is 0. The fourth-order valence-corrected chi connectivity index (χ4v) is 0. The average Bonchev–Trinajstić information content (AvgIpc) is 0.811. The third kappa shape index (κ3) is 17.3. The molecule has 28 valence electrons. The molecule has 0 aromatic carbocycles. The SMILES string of the molecule is O=[P](=O)[Au]. The fraction of sp³-hybridized carbons (Fsp3) is 0. The van der Waals surface area contributed by atoms with Crippen molar-refractivity contribution in [2.45, 2.75) is 0 Å². The summed E-state index contributed by atoms with van der Waals surface area (Å²) in [7, 11) is 0. The van der Waals surface area contributed by atoms with Gasteiger partial charge in [-0.05, 0) is 0 Å². The van der Waals surface area contributed by atoms with E-state index >= 15 is 0 Å². The standard InChI is InChI=1S/Au.O2P/c;1-3-2. The number of hydrogen-bond donors (Lipinski definition) is 0. The van der Waals surface area contributed by atoms with Crippen molar-refractivity contribution >= 4 is 5.57 Å². The molecule has 0 aromatic rings. The molecule has 0 saturated carbocycles. The Balaban J connectivity index is 3.51. The fourth-order valence-electron chi connectivity index (χ4n) is 0. The van der Waals surface area contributed by atoms with Crippen LogP contribution in [0.2, 0.25) is 0 Å². The molecule has 0 aliphatic rings. The van der Waals surface area contributed by atoms with Crippen molar-refractivity contribution in [1.29, 1.82) is 0 Å². The van der Waals surface area contributed by atoms with Crippen LogP contribution in [0.5, 0.6) is 0 Å².